The van der Waals surface area contributed by atoms with Crippen molar-refractivity contribution in [1.82, 2.24) is 19.9 Å². The van der Waals surface area contributed by atoms with Gasteiger partial charge in [0.15, 0.2) is 17.3 Å². The Labute approximate surface area is 211 Å². The van der Waals surface area contributed by atoms with Crippen molar-refractivity contribution in [3.8, 4) is 22.8 Å². The van der Waals surface area contributed by atoms with Crippen LogP contribution in [0.5, 0.6) is 11.5 Å². The second kappa shape index (κ2) is 9.30. The fraction of sp³-hybridized carbons (Fsp3) is 0.320. The van der Waals surface area contributed by atoms with Crippen molar-refractivity contribution < 1.29 is 18.7 Å². The molecule has 188 valence electrons. The van der Waals surface area contributed by atoms with Gasteiger partial charge in [0, 0.05) is 24.7 Å². The summed E-state index contributed by atoms with van der Waals surface area (Å²) in [6.45, 7) is 6.81. The number of fused-ring (bicyclic) bond motifs is 2. The average Bonchev–Trinajstić information content (AvgIpc) is 3.52. The predicted octanol–water partition coefficient (Wildman–Crippen LogP) is 4.29. The zero-order valence-electron chi connectivity index (χ0n) is 20.5. The number of imidazole rings is 1. The summed E-state index contributed by atoms with van der Waals surface area (Å²) in [5, 5.41) is 11.7. The normalized spacial score (nSPS) is 12.7. The molecule has 0 bridgehead atoms. The molecule has 2 aromatic carbocycles. The van der Waals surface area contributed by atoms with Gasteiger partial charge in [-0.05, 0) is 50.6 Å². The van der Waals surface area contributed by atoms with Gasteiger partial charge in [0.2, 0.25) is 22.8 Å². The van der Waals surface area contributed by atoms with E-state index in [1.165, 1.54) is 23.5 Å². The van der Waals surface area contributed by atoms with Crippen LogP contribution in [0.25, 0.3) is 16.2 Å². The molecular weight excluding hydrogens is 483 g/mol. The molecule has 0 spiro atoms. The number of hydrogen-bond acceptors (Lipinski definition) is 8. The van der Waals surface area contributed by atoms with Gasteiger partial charge in [-0.25, -0.2) is 9.37 Å². The molecule has 4 aromatic rings. The number of anilines is 2. The van der Waals surface area contributed by atoms with E-state index in [1.807, 2.05) is 52.1 Å². The number of rotatable bonds is 7. The van der Waals surface area contributed by atoms with E-state index in [1.54, 1.807) is 15.5 Å². The number of carbonyl (C=O) groups excluding carboxylic acids is 1. The van der Waals surface area contributed by atoms with E-state index < -0.39 is 0 Å². The SMILES string of the molecule is CN(CC(=O)NCc1ccc2c(c1)OCO2)c1nn2c(NC(C)(C)C)c(-c3cccc(F)c3)nc2s1. The Morgan fingerprint density at radius 1 is 1.19 bits per heavy atom. The van der Waals surface area contributed by atoms with Crippen molar-refractivity contribution in [3.05, 3.63) is 53.8 Å². The van der Waals surface area contributed by atoms with Crippen LogP contribution in [0, 0.1) is 5.82 Å². The van der Waals surface area contributed by atoms with E-state index in [9.17, 15) is 9.18 Å². The van der Waals surface area contributed by atoms with Crippen LogP contribution < -0.4 is 25.0 Å². The number of likely N-dealkylation sites (N-methyl/N-ethyl adjacent to an activating group) is 1. The van der Waals surface area contributed by atoms with E-state index in [4.69, 9.17) is 19.6 Å². The third-order valence-corrected chi connectivity index (χ3v) is 6.44. The molecular formula is C25H27FN6O3S. The topological polar surface area (TPSA) is 93.0 Å². The summed E-state index contributed by atoms with van der Waals surface area (Å²) in [6.07, 6.45) is 0. The first-order chi connectivity index (χ1) is 17.2. The lowest BCUT2D eigenvalue weighted by molar-refractivity contribution is -0.119. The Morgan fingerprint density at radius 3 is 2.78 bits per heavy atom. The molecule has 0 atom stereocenters. The van der Waals surface area contributed by atoms with Crippen LogP contribution in [-0.2, 0) is 11.3 Å². The van der Waals surface area contributed by atoms with Gasteiger partial charge < -0.3 is 25.0 Å². The molecule has 36 heavy (non-hydrogen) atoms. The molecule has 0 saturated heterocycles. The molecule has 0 unspecified atom stereocenters. The number of nitrogens with one attached hydrogen (secondary N) is 2. The summed E-state index contributed by atoms with van der Waals surface area (Å²) in [6, 6.07) is 11.9. The zero-order valence-corrected chi connectivity index (χ0v) is 21.3. The summed E-state index contributed by atoms with van der Waals surface area (Å²) in [7, 11) is 1.81. The van der Waals surface area contributed by atoms with Gasteiger partial charge in [-0.1, -0.05) is 29.5 Å². The van der Waals surface area contributed by atoms with Crippen LogP contribution in [0.4, 0.5) is 15.3 Å². The summed E-state index contributed by atoms with van der Waals surface area (Å²) >= 11 is 1.36. The number of benzene rings is 2. The zero-order chi connectivity index (χ0) is 25.4. The average molecular weight is 511 g/mol. The molecule has 11 heteroatoms. The van der Waals surface area contributed by atoms with Crippen molar-refractivity contribution >= 4 is 33.2 Å². The minimum atomic E-state index is -0.328. The molecule has 1 amide bonds. The van der Waals surface area contributed by atoms with Gasteiger partial charge in [0.1, 0.15) is 11.5 Å². The molecule has 3 heterocycles. The quantitative estimate of drug-likeness (QED) is 0.383. The summed E-state index contributed by atoms with van der Waals surface area (Å²) < 4.78 is 26.3. The predicted molar refractivity (Wildman–Crippen MR) is 137 cm³/mol. The molecule has 2 aromatic heterocycles. The Bertz CT molecular complexity index is 1430. The maximum absolute atomic E-state index is 13.9. The minimum Gasteiger partial charge on any atom is -0.454 e. The highest BCUT2D eigenvalue weighted by molar-refractivity contribution is 7.20. The Morgan fingerprint density at radius 2 is 2.00 bits per heavy atom. The largest absolute Gasteiger partial charge is 0.454 e. The fourth-order valence-electron chi connectivity index (χ4n) is 3.79. The maximum Gasteiger partial charge on any atom is 0.239 e. The van der Waals surface area contributed by atoms with Crippen LogP contribution in [-0.4, -0.2) is 46.4 Å². The Hall–Kier alpha value is -3.86. The molecule has 2 N–H and O–H groups in total. The highest BCUT2D eigenvalue weighted by Gasteiger charge is 2.23. The van der Waals surface area contributed by atoms with Crippen LogP contribution in [0.3, 0.4) is 0 Å². The van der Waals surface area contributed by atoms with Crippen LogP contribution in [0.2, 0.25) is 0 Å². The van der Waals surface area contributed by atoms with Crippen LogP contribution in [0.1, 0.15) is 26.3 Å². The van der Waals surface area contributed by atoms with E-state index >= 15 is 0 Å². The third-order valence-electron chi connectivity index (χ3n) is 5.42. The highest BCUT2D eigenvalue weighted by Crippen LogP contribution is 2.35. The van der Waals surface area contributed by atoms with E-state index in [-0.39, 0.29) is 30.6 Å². The molecule has 0 saturated carbocycles. The van der Waals surface area contributed by atoms with Gasteiger partial charge in [-0.2, -0.15) is 4.52 Å². The third kappa shape index (κ3) is 5.06. The standard InChI is InChI=1S/C25H27FN6O3S/c1-25(2,3)29-22-21(16-6-5-7-17(26)11-16)28-23-32(22)30-24(36-23)31(4)13-20(33)27-12-15-8-9-18-19(10-15)35-14-34-18/h5-11,29H,12-14H2,1-4H3,(H,27,33). The first-order valence-corrected chi connectivity index (χ1v) is 12.3. The minimum absolute atomic E-state index is 0.125. The molecule has 5 rings (SSSR count). The first kappa shape index (κ1) is 23.9. The van der Waals surface area contributed by atoms with Crippen LogP contribution >= 0.6 is 11.3 Å². The summed E-state index contributed by atoms with van der Waals surface area (Å²) in [5.41, 5.74) is 1.93. The van der Waals surface area contributed by atoms with Crippen molar-refractivity contribution in [1.29, 1.82) is 0 Å². The lowest BCUT2D eigenvalue weighted by atomic mass is 10.1. The number of aromatic nitrogens is 3. The Kier molecular flexibility index (Phi) is 6.17. The van der Waals surface area contributed by atoms with Gasteiger partial charge in [-0.15, -0.1) is 5.10 Å². The smallest absolute Gasteiger partial charge is 0.239 e. The second-order valence-electron chi connectivity index (χ2n) is 9.59. The highest BCUT2D eigenvalue weighted by atomic mass is 32.1. The summed E-state index contributed by atoms with van der Waals surface area (Å²) in [5.74, 6) is 1.59. The molecule has 0 radical (unpaired) electrons. The Balaban J connectivity index is 1.32. The lowest BCUT2D eigenvalue weighted by Crippen LogP contribution is -2.34. The van der Waals surface area contributed by atoms with Gasteiger partial charge in [-0.3, -0.25) is 4.79 Å². The van der Waals surface area contributed by atoms with Crippen LogP contribution in [0.15, 0.2) is 42.5 Å². The van der Waals surface area contributed by atoms with E-state index in [0.717, 1.165) is 5.56 Å². The number of hydrogen-bond donors (Lipinski definition) is 2. The fourth-order valence-corrected chi connectivity index (χ4v) is 4.65. The molecule has 9 nitrogen and oxygen atoms in total. The number of nitrogens with zero attached hydrogens (tertiary/aromatic N) is 4. The lowest BCUT2D eigenvalue weighted by Gasteiger charge is -2.22. The van der Waals surface area contributed by atoms with Gasteiger partial charge in [0.05, 0.1) is 6.54 Å². The van der Waals surface area contributed by atoms with Crippen molar-refractivity contribution in [3.63, 3.8) is 0 Å². The van der Waals surface area contributed by atoms with Gasteiger partial charge in [0.25, 0.3) is 0 Å². The monoisotopic (exact) mass is 510 g/mol. The number of halogens is 1. The molecule has 0 aliphatic carbocycles. The number of carbonyl (C=O) groups is 1. The van der Waals surface area contributed by atoms with Crippen molar-refractivity contribution in [2.45, 2.75) is 32.9 Å². The summed E-state index contributed by atoms with van der Waals surface area (Å²) in [4.78, 5) is 19.8. The molecule has 1 aliphatic rings. The van der Waals surface area contributed by atoms with Crippen molar-refractivity contribution in [2.24, 2.45) is 0 Å². The van der Waals surface area contributed by atoms with Crippen molar-refractivity contribution in [2.75, 3.05) is 30.6 Å². The number of amides is 1. The molecule has 1 aliphatic heterocycles. The van der Waals surface area contributed by atoms with Gasteiger partial charge >= 0.3 is 0 Å². The molecule has 0 fully saturated rings. The maximum atomic E-state index is 13.9. The second-order valence-corrected chi connectivity index (χ2v) is 10.5. The first-order valence-electron chi connectivity index (χ1n) is 11.5. The van der Waals surface area contributed by atoms with E-state index in [0.29, 0.717) is 45.2 Å². The van der Waals surface area contributed by atoms with E-state index in [2.05, 4.69) is 10.6 Å². The number of ether oxygens (including phenoxy) is 2.